The molecule has 1 fully saturated rings. The van der Waals surface area contributed by atoms with Crippen molar-refractivity contribution in [3.8, 4) is 5.75 Å². The van der Waals surface area contributed by atoms with Gasteiger partial charge in [0.25, 0.3) is 0 Å². The molecule has 154 valence electrons. The average molecular weight is 395 g/mol. The Morgan fingerprint density at radius 1 is 1.10 bits per heavy atom. The highest BCUT2D eigenvalue weighted by Crippen LogP contribution is 2.19. The van der Waals surface area contributed by atoms with E-state index < -0.39 is 0 Å². The SMILES string of the molecule is CC(C)C(=O)N1CCCC(C(=O)NCc2cccc(OCc3ccccc3)c2)C1. The van der Waals surface area contributed by atoms with Gasteiger partial charge in [-0.05, 0) is 36.1 Å². The molecule has 2 aromatic rings. The van der Waals surface area contributed by atoms with Gasteiger partial charge in [-0.3, -0.25) is 9.59 Å². The summed E-state index contributed by atoms with van der Waals surface area (Å²) in [6.07, 6.45) is 1.70. The second-order valence-electron chi connectivity index (χ2n) is 7.92. The van der Waals surface area contributed by atoms with Gasteiger partial charge >= 0.3 is 0 Å². The van der Waals surface area contributed by atoms with Crippen molar-refractivity contribution in [3.05, 3.63) is 65.7 Å². The lowest BCUT2D eigenvalue weighted by atomic mass is 9.96. The number of rotatable bonds is 7. The Hall–Kier alpha value is -2.82. The molecular formula is C24H30N2O3. The summed E-state index contributed by atoms with van der Waals surface area (Å²) in [6, 6.07) is 17.8. The highest BCUT2D eigenvalue weighted by Gasteiger charge is 2.29. The first-order chi connectivity index (χ1) is 14.0. The zero-order valence-electron chi connectivity index (χ0n) is 17.3. The molecule has 0 bridgehead atoms. The molecule has 1 saturated heterocycles. The van der Waals surface area contributed by atoms with Crippen LogP contribution in [0.3, 0.4) is 0 Å². The number of amides is 2. The molecule has 0 radical (unpaired) electrons. The molecule has 1 aliphatic heterocycles. The largest absolute Gasteiger partial charge is 0.489 e. The van der Waals surface area contributed by atoms with Crippen molar-refractivity contribution in [1.82, 2.24) is 10.2 Å². The maximum absolute atomic E-state index is 12.6. The van der Waals surface area contributed by atoms with Gasteiger partial charge in [-0.15, -0.1) is 0 Å². The number of ether oxygens (including phenoxy) is 1. The molecule has 1 heterocycles. The standard InChI is InChI=1S/C24H30N2O3/c1-18(2)24(28)26-13-7-11-21(16-26)23(27)25-15-20-10-6-12-22(14-20)29-17-19-8-4-3-5-9-19/h3-6,8-10,12,14,18,21H,7,11,13,15-17H2,1-2H3,(H,25,27). The van der Waals surface area contributed by atoms with Gasteiger partial charge in [-0.1, -0.05) is 56.3 Å². The van der Waals surface area contributed by atoms with Crippen molar-refractivity contribution >= 4 is 11.8 Å². The van der Waals surface area contributed by atoms with Crippen LogP contribution in [0.25, 0.3) is 0 Å². The van der Waals surface area contributed by atoms with Gasteiger partial charge in [0.1, 0.15) is 12.4 Å². The van der Waals surface area contributed by atoms with Gasteiger partial charge < -0.3 is 15.0 Å². The summed E-state index contributed by atoms with van der Waals surface area (Å²) in [4.78, 5) is 26.7. The van der Waals surface area contributed by atoms with Crippen molar-refractivity contribution in [2.24, 2.45) is 11.8 Å². The van der Waals surface area contributed by atoms with Crippen molar-refractivity contribution in [3.63, 3.8) is 0 Å². The molecule has 2 aromatic carbocycles. The number of nitrogens with zero attached hydrogens (tertiary/aromatic N) is 1. The number of hydrogen-bond donors (Lipinski definition) is 1. The van der Waals surface area contributed by atoms with Crippen molar-refractivity contribution in [1.29, 1.82) is 0 Å². The molecule has 0 spiro atoms. The summed E-state index contributed by atoms with van der Waals surface area (Å²) in [5.41, 5.74) is 2.11. The first-order valence-electron chi connectivity index (χ1n) is 10.3. The second-order valence-corrected chi connectivity index (χ2v) is 7.92. The Bertz CT molecular complexity index is 820. The van der Waals surface area contributed by atoms with E-state index in [0.717, 1.165) is 36.3 Å². The third-order valence-corrected chi connectivity index (χ3v) is 5.21. The molecule has 5 nitrogen and oxygen atoms in total. The Morgan fingerprint density at radius 2 is 1.86 bits per heavy atom. The van der Waals surface area contributed by atoms with Crippen LogP contribution in [0.1, 0.15) is 37.8 Å². The lowest BCUT2D eigenvalue weighted by Gasteiger charge is -2.33. The van der Waals surface area contributed by atoms with Gasteiger partial charge in [-0.2, -0.15) is 0 Å². The van der Waals surface area contributed by atoms with Gasteiger partial charge in [0.15, 0.2) is 0 Å². The number of nitrogens with one attached hydrogen (secondary N) is 1. The van der Waals surface area contributed by atoms with E-state index in [1.807, 2.05) is 73.3 Å². The summed E-state index contributed by atoms with van der Waals surface area (Å²) in [7, 11) is 0. The Labute approximate surface area is 173 Å². The molecule has 1 N–H and O–H groups in total. The Morgan fingerprint density at radius 3 is 2.62 bits per heavy atom. The fraction of sp³-hybridized carbons (Fsp3) is 0.417. The van der Waals surface area contributed by atoms with E-state index in [1.165, 1.54) is 0 Å². The number of benzene rings is 2. The molecule has 0 aliphatic carbocycles. The van der Waals surface area contributed by atoms with Crippen LogP contribution in [0.4, 0.5) is 0 Å². The summed E-state index contributed by atoms with van der Waals surface area (Å²) in [5, 5.41) is 3.03. The Balaban J connectivity index is 1.50. The first-order valence-corrected chi connectivity index (χ1v) is 10.3. The zero-order chi connectivity index (χ0) is 20.6. The molecule has 29 heavy (non-hydrogen) atoms. The topological polar surface area (TPSA) is 58.6 Å². The van der Waals surface area contributed by atoms with E-state index in [9.17, 15) is 9.59 Å². The molecule has 0 saturated carbocycles. The lowest BCUT2D eigenvalue weighted by molar-refractivity contribution is -0.138. The quantitative estimate of drug-likeness (QED) is 0.778. The van der Waals surface area contributed by atoms with Crippen molar-refractivity contribution in [2.75, 3.05) is 13.1 Å². The zero-order valence-corrected chi connectivity index (χ0v) is 17.3. The second kappa shape index (κ2) is 10.1. The fourth-order valence-electron chi connectivity index (χ4n) is 3.58. The van der Waals surface area contributed by atoms with Crippen LogP contribution >= 0.6 is 0 Å². The summed E-state index contributed by atoms with van der Waals surface area (Å²) < 4.78 is 5.86. The smallest absolute Gasteiger partial charge is 0.225 e. The van der Waals surface area contributed by atoms with Crippen molar-refractivity contribution < 1.29 is 14.3 Å². The number of likely N-dealkylation sites (tertiary alicyclic amines) is 1. The molecule has 1 aliphatic rings. The minimum Gasteiger partial charge on any atom is -0.489 e. The highest BCUT2D eigenvalue weighted by molar-refractivity contribution is 5.82. The predicted molar refractivity (Wildman–Crippen MR) is 113 cm³/mol. The highest BCUT2D eigenvalue weighted by atomic mass is 16.5. The predicted octanol–water partition coefficient (Wildman–Crippen LogP) is 3.78. The monoisotopic (exact) mass is 394 g/mol. The molecule has 2 amide bonds. The third-order valence-electron chi connectivity index (χ3n) is 5.21. The Kier molecular flexibility index (Phi) is 7.28. The molecular weight excluding hydrogens is 364 g/mol. The van der Waals surface area contributed by atoms with Crippen LogP contribution < -0.4 is 10.1 Å². The van der Waals surface area contributed by atoms with E-state index >= 15 is 0 Å². The minimum absolute atomic E-state index is 0.0156. The summed E-state index contributed by atoms with van der Waals surface area (Å²) >= 11 is 0. The van der Waals surface area contributed by atoms with Crippen LogP contribution in [-0.4, -0.2) is 29.8 Å². The molecule has 0 aromatic heterocycles. The van der Waals surface area contributed by atoms with E-state index in [-0.39, 0.29) is 23.7 Å². The van der Waals surface area contributed by atoms with E-state index in [2.05, 4.69) is 5.32 Å². The van der Waals surface area contributed by atoms with E-state index in [1.54, 1.807) is 0 Å². The van der Waals surface area contributed by atoms with Crippen LogP contribution in [0.2, 0.25) is 0 Å². The lowest BCUT2D eigenvalue weighted by Crippen LogP contribution is -2.46. The fourth-order valence-corrected chi connectivity index (χ4v) is 3.58. The van der Waals surface area contributed by atoms with Gasteiger partial charge in [0.05, 0.1) is 5.92 Å². The maximum Gasteiger partial charge on any atom is 0.225 e. The number of carbonyl (C=O) groups excluding carboxylic acids is 2. The summed E-state index contributed by atoms with van der Waals surface area (Å²) in [5.74, 6) is 0.763. The number of piperidine rings is 1. The molecule has 1 unspecified atom stereocenters. The number of hydrogen-bond acceptors (Lipinski definition) is 3. The molecule has 1 atom stereocenters. The van der Waals surface area contributed by atoms with Crippen LogP contribution in [0.5, 0.6) is 5.75 Å². The average Bonchev–Trinajstić information content (AvgIpc) is 2.76. The van der Waals surface area contributed by atoms with E-state index in [4.69, 9.17) is 4.74 Å². The van der Waals surface area contributed by atoms with Gasteiger partial charge in [-0.25, -0.2) is 0 Å². The van der Waals surface area contributed by atoms with Crippen LogP contribution in [0.15, 0.2) is 54.6 Å². The van der Waals surface area contributed by atoms with Gasteiger partial charge in [0.2, 0.25) is 11.8 Å². The van der Waals surface area contributed by atoms with Gasteiger partial charge in [0, 0.05) is 25.6 Å². The van der Waals surface area contributed by atoms with Crippen LogP contribution in [0, 0.1) is 11.8 Å². The molecule has 3 rings (SSSR count). The van der Waals surface area contributed by atoms with E-state index in [0.29, 0.717) is 19.7 Å². The van der Waals surface area contributed by atoms with Crippen molar-refractivity contribution in [2.45, 2.75) is 39.8 Å². The van der Waals surface area contributed by atoms with Crippen LogP contribution in [-0.2, 0) is 22.7 Å². The summed E-state index contributed by atoms with van der Waals surface area (Å²) in [6.45, 7) is 6.04. The molecule has 5 heteroatoms. The third kappa shape index (κ3) is 6.08. The first kappa shape index (κ1) is 20.9. The minimum atomic E-state index is -0.135. The maximum atomic E-state index is 12.6. The number of carbonyl (C=O) groups is 2. The normalized spacial score (nSPS) is 16.5.